The van der Waals surface area contributed by atoms with E-state index in [4.69, 9.17) is 0 Å². The number of urea groups is 1. The van der Waals surface area contributed by atoms with Crippen LogP contribution in [0.1, 0.15) is 32.4 Å². The molecule has 154 valence electrons. The Morgan fingerprint density at radius 2 is 1.93 bits per heavy atom. The summed E-state index contributed by atoms with van der Waals surface area (Å²) in [6.45, 7) is 5.25. The number of nitrogens with one attached hydrogen (secondary N) is 2. The van der Waals surface area contributed by atoms with E-state index >= 15 is 0 Å². The van der Waals surface area contributed by atoms with E-state index in [0.717, 1.165) is 15.9 Å². The Morgan fingerprint density at radius 3 is 2.63 bits per heavy atom. The molecular weight excluding hydrogens is 384 g/mol. The molecule has 4 rings (SSSR count). The first-order chi connectivity index (χ1) is 14.3. The van der Waals surface area contributed by atoms with Gasteiger partial charge in [0.05, 0.1) is 18.1 Å². The molecule has 2 aromatic heterocycles. The van der Waals surface area contributed by atoms with Gasteiger partial charge in [-0.3, -0.25) is 14.5 Å². The Labute approximate surface area is 173 Å². The largest absolute Gasteiger partial charge is 0.325 e. The average molecular weight is 406 g/mol. The van der Waals surface area contributed by atoms with Crippen LogP contribution in [-0.2, 0) is 15.1 Å². The van der Waals surface area contributed by atoms with Gasteiger partial charge in [-0.25, -0.2) is 14.5 Å². The first-order valence-corrected chi connectivity index (χ1v) is 9.62. The van der Waals surface area contributed by atoms with E-state index in [-0.39, 0.29) is 6.04 Å². The van der Waals surface area contributed by atoms with Gasteiger partial charge in [0, 0.05) is 11.4 Å². The van der Waals surface area contributed by atoms with Crippen molar-refractivity contribution in [3.05, 3.63) is 54.4 Å². The second kappa shape index (κ2) is 7.25. The average Bonchev–Trinajstić information content (AvgIpc) is 3.23. The predicted octanol–water partition coefficient (Wildman–Crippen LogP) is 2.42. The fourth-order valence-corrected chi connectivity index (χ4v) is 3.54. The number of pyridine rings is 1. The van der Waals surface area contributed by atoms with Gasteiger partial charge in [-0.15, -0.1) is 0 Å². The summed E-state index contributed by atoms with van der Waals surface area (Å²) in [5.41, 5.74) is 0.636. The molecule has 4 amide bonds. The Bertz CT molecular complexity index is 1140. The van der Waals surface area contributed by atoms with Gasteiger partial charge in [-0.05, 0) is 32.4 Å². The molecule has 1 aliphatic heterocycles. The minimum Gasteiger partial charge on any atom is -0.323 e. The molecular formula is C21H22N6O3. The number of nitrogens with zero attached hydrogens (tertiary/aromatic N) is 4. The van der Waals surface area contributed by atoms with Crippen molar-refractivity contribution in [2.24, 2.45) is 0 Å². The topological polar surface area (TPSA) is 109 Å². The van der Waals surface area contributed by atoms with Gasteiger partial charge in [-0.1, -0.05) is 30.3 Å². The molecule has 1 fully saturated rings. The number of hydrogen-bond acceptors (Lipinski definition) is 5. The molecule has 0 radical (unpaired) electrons. The fraction of sp³-hybridized carbons (Fsp3) is 0.286. The summed E-state index contributed by atoms with van der Waals surface area (Å²) in [5.74, 6) is -0.964. The lowest BCUT2D eigenvalue weighted by atomic mass is 9.92. The van der Waals surface area contributed by atoms with Crippen molar-refractivity contribution < 1.29 is 14.4 Å². The number of amides is 4. The highest BCUT2D eigenvalue weighted by Gasteiger charge is 2.49. The van der Waals surface area contributed by atoms with Crippen LogP contribution in [-0.4, -0.2) is 44.1 Å². The predicted molar refractivity (Wildman–Crippen MR) is 111 cm³/mol. The number of benzene rings is 1. The third kappa shape index (κ3) is 3.28. The van der Waals surface area contributed by atoms with Crippen molar-refractivity contribution in [3.63, 3.8) is 0 Å². The highest BCUT2D eigenvalue weighted by Crippen LogP contribution is 2.28. The zero-order valence-electron chi connectivity index (χ0n) is 16.9. The molecule has 2 N–H and O–H groups in total. The number of rotatable bonds is 5. The lowest BCUT2D eigenvalue weighted by Gasteiger charge is -2.22. The maximum absolute atomic E-state index is 12.9. The van der Waals surface area contributed by atoms with Gasteiger partial charge in [-0.2, -0.15) is 5.10 Å². The van der Waals surface area contributed by atoms with Crippen molar-refractivity contribution in [3.8, 4) is 0 Å². The van der Waals surface area contributed by atoms with Crippen LogP contribution in [0.4, 0.5) is 10.5 Å². The summed E-state index contributed by atoms with van der Waals surface area (Å²) >= 11 is 0. The first kappa shape index (κ1) is 19.6. The van der Waals surface area contributed by atoms with Crippen molar-refractivity contribution in [2.45, 2.75) is 32.4 Å². The molecule has 0 spiro atoms. The van der Waals surface area contributed by atoms with Crippen molar-refractivity contribution >= 4 is 34.6 Å². The van der Waals surface area contributed by atoms with Gasteiger partial charge < -0.3 is 10.6 Å². The lowest BCUT2D eigenvalue weighted by Crippen LogP contribution is -2.42. The van der Waals surface area contributed by atoms with Crippen molar-refractivity contribution in [1.82, 2.24) is 25.0 Å². The lowest BCUT2D eigenvalue weighted by molar-refractivity contribution is -0.133. The van der Waals surface area contributed by atoms with E-state index in [9.17, 15) is 14.4 Å². The van der Waals surface area contributed by atoms with E-state index in [1.54, 1.807) is 48.1 Å². The van der Waals surface area contributed by atoms with Crippen LogP contribution in [0.15, 0.2) is 48.8 Å². The van der Waals surface area contributed by atoms with E-state index in [2.05, 4.69) is 20.7 Å². The highest BCUT2D eigenvalue weighted by atomic mass is 16.2. The van der Waals surface area contributed by atoms with Gasteiger partial charge in [0.15, 0.2) is 5.65 Å². The van der Waals surface area contributed by atoms with Gasteiger partial charge in [0.25, 0.3) is 5.91 Å². The van der Waals surface area contributed by atoms with Crippen LogP contribution >= 0.6 is 0 Å². The molecule has 3 aromatic rings. The quantitative estimate of drug-likeness (QED) is 0.633. The number of carbonyl (C=O) groups excluding carboxylic acids is 3. The van der Waals surface area contributed by atoms with Crippen LogP contribution in [0, 0.1) is 0 Å². The Morgan fingerprint density at radius 1 is 1.20 bits per heavy atom. The molecule has 9 heteroatoms. The minimum atomic E-state index is -1.20. The van der Waals surface area contributed by atoms with Crippen LogP contribution in [0.2, 0.25) is 0 Å². The number of hydrogen-bond donors (Lipinski definition) is 2. The van der Waals surface area contributed by atoms with E-state index in [1.165, 1.54) is 6.20 Å². The van der Waals surface area contributed by atoms with E-state index in [1.807, 2.05) is 19.9 Å². The van der Waals surface area contributed by atoms with Crippen molar-refractivity contribution in [2.75, 3.05) is 11.9 Å². The van der Waals surface area contributed by atoms with Gasteiger partial charge in [0.2, 0.25) is 5.91 Å². The molecule has 0 bridgehead atoms. The monoisotopic (exact) mass is 406 g/mol. The Balaban J connectivity index is 1.48. The molecule has 1 aliphatic rings. The number of imide groups is 1. The fourth-order valence-electron chi connectivity index (χ4n) is 3.54. The zero-order valence-corrected chi connectivity index (χ0v) is 16.9. The second-order valence-corrected chi connectivity index (χ2v) is 7.68. The zero-order chi connectivity index (χ0) is 21.5. The molecule has 30 heavy (non-hydrogen) atoms. The van der Waals surface area contributed by atoms with Crippen LogP contribution < -0.4 is 10.6 Å². The summed E-state index contributed by atoms with van der Waals surface area (Å²) in [6.07, 6.45) is 3.21. The third-order valence-corrected chi connectivity index (χ3v) is 5.13. The number of carbonyl (C=O) groups is 3. The summed E-state index contributed by atoms with van der Waals surface area (Å²) in [6, 6.07) is 10.3. The molecule has 1 saturated heterocycles. The maximum atomic E-state index is 12.9. The summed E-state index contributed by atoms with van der Waals surface area (Å²) in [4.78, 5) is 43.1. The van der Waals surface area contributed by atoms with Gasteiger partial charge in [0.1, 0.15) is 12.1 Å². The highest BCUT2D eigenvalue weighted by molar-refractivity contribution is 6.10. The van der Waals surface area contributed by atoms with Crippen LogP contribution in [0.3, 0.4) is 0 Å². The van der Waals surface area contributed by atoms with Crippen molar-refractivity contribution in [1.29, 1.82) is 0 Å². The van der Waals surface area contributed by atoms with Crippen LogP contribution in [0.5, 0.6) is 0 Å². The summed E-state index contributed by atoms with van der Waals surface area (Å²) in [5, 5.41) is 10.5. The molecule has 9 nitrogen and oxygen atoms in total. The number of fused-ring (bicyclic) bond motifs is 1. The number of aromatic nitrogens is 3. The smallest absolute Gasteiger partial charge is 0.323 e. The summed E-state index contributed by atoms with van der Waals surface area (Å²) in [7, 11) is 0. The van der Waals surface area contributed by atoms with Crippen LogP contribution in [0.25, 0.3) is 11.0 Å². The number of anilines is 1. The molecule has 3 heterocycles. The second-order valence-electron chi connectivity index (χ2n) is 7.68. The first-order valence-electron chi connectivity index (χ1n) is 9.62. The summed E-state index contributed by atoms with van der Waals surface area (Å²) < 4.78 is 1.79. The maximum Gasteiger partial charge on any atom is 0.325 e. The van der Waals surface area contributed by atoms with Gasteiger partial charge >= 0.3 is 6.03 Å². The SMILES string of the molecule is CC(C)n1ncc2cc(NC(=O)CN3C(=O)NC(C)(c4ccccc4)C3=O)cnc21. The Hall–Kier alpha value is -3.75. The molecule has 1 aromatic carbocycles. The minimum absolute atomic E-state index is 0.161. The molecule has 1 atom stereocenters. The standard InChI is InChI=1S/C21H22N6O3/c1-13(2)27-18-14(10-23-27)9-16(11-22-18)24-17(28)12-26-19(29)21(3,25-20(26)30)15-7-5-4-6-8-15/h4-11,13H,12H2,1-3H3,(H,24,28)(H,25,30). The van der Waals surface area contributed by atoms with E-state index < -0.39 is 29.9 Å². The van der Waals surface area contributed by atoms with E-state index in [0.29, 0.717) is 11.3 Å². The molecule has 0 saturated carbocycles. The third-order valence-electron chi connectivity index (χ3n) is 5.13. The normalized spacial score (nSPS) is 18.9. The molecule has 0 aliphatic carbocycles. The Kier molecular flexibility index (Phi) is 4.73. The molecule has 1 unspecified atom stereocenters.